The number of nitrogens with zero attached hydrogens (tertiary/aromatic N) is 1. The summed E-state index contributed by atoms with van der Waals surface area (Å²) in [6.07, 6.45) is 1.56. The van der Waals surface area contributed by atoms with Crippen LogP contribution in [0.4, 0.5) is 5.69 Å². The van der Waals surface area contributed by atoms with Gasteiger partial charge in [-0.1, -0.05) is 6.07 Å². The third kappa shape index (κ3) is 6.03. The molecule has 0 saturated carbocycles. The average molecular weight is 371 g/mol. The number of benzene rings is 2. The molecule has 2 aromatic carbocycles. The normalized spacial score (nSPS) is 10.4. The lowest BCUT2D eigenvalue weighted by atomic mass is 10.2. The van der Waals surface area contributed by atoms with Gasteiger partial charge in [0, 0.05) is 6.54 Å². The molecule has 27 heavy (non-hydrogen) atoms. The molecule has 0 heterocycles. The average Bonchev–Trinajstić information content (AvgIpc) is 2.67. The van der Waals surface area contributed by atoms with Crippen LogP contribution in [0.2, 0.25) is 0 Å². The first kappa shape index (κ1) is 19.8. The molecule has 0 aliphatic rings. The Balaban J connectivity index is 2.02. The van der Waals surface area contributed by atoms with E-state index in [2.05, 4.69) is 15.8 Å². The Morgan fingerprint density at radius 3 is 2.70 bits per heavy atom. The number of nitrogens with one attached hydrogen (secondary N) is 2. The van der Waals surface area contributed by atoms with E-state index in [1.807, 2.05) is 6.92 Å². The minimum atomic E-state index is -1.00. The number of hydrazone groups is 1. The molecule has 0 aliphatic carbocycles. The zero-order chi connectivity index (χ0) is 19.6. The first-order chi connectivity index (χ1) is 13.0. The van der Waals surface area contributed by atoms with Gasteiger partial charge in [-0.25, -0.2) is 4.79 Å². The summed E-state index contributed by atoms with van der Waals surface area (Å²) in [7, 11) is 1.50. The van der Waals surface area contributed by atoms with Crippen LogP contribution >= 0.6 is 0 Å². The molecule has 2 rings (SSSR count). The van der Waals surface area contributed by atoms with Crippen molar-refractivity contribution in [2.45, 2.75) is 6.92 Å². The molecular formula is C19H21N3O5. The number of amides is 1. The molecule has 2 aromatic rings. The monoisotopic (exact) mass is 371 g/mol. The fourth-order valence-corrected chi connectivity index (χ4v) is 2.18. The predicted molar refractivity (Wildman–Crippen MR) is 102 cm³/mol. The fourth-order valence-electron chi connectivity index (χ4n) is 2.18. The van der Waals surface area contributed by atoms with Gasteiger partial charge in [0.05, 0.1) is 24.6 Å². The number of aromatic carboxylic acids is 1. The number of likely N-dealkylation sites (N-methyl/N-ethyl adjacent to an activating group) is 1. The number of ether oxygens (including phenoxy) is 2. The number of carboxylic acids is 1. The SMILES string of the molecule is CCNC(=O)COc1ccc(/C=N\Nc2cccc(C(=O)O)c2)cc1OC. The van der Waals surface area contributed by atoms with E-state index in [0.29, 0.717) is 23.7 Å². The minimum Gasteiger partial charge on any atom is -0.493 e. The molecule has 0 fully saturated rings. The van der Waals surface area contributed by atoms with E-state index in [1.54, 1.807) is 36.5 Å². The molecule has 0 saturated heterocycles. The largest absolute Gasteiger partial charge is 0.493 e. The van der Waals surface area contributed by atoms with E-state index in [4.69, 9.17) is 14.6 Å². The molecule has 0 atom stereocenters. The van der Waals surface area contributed by atoms with Crippen molar-refractivity contribution in [2.75, 3.05) is 25.7 Å². The van der Waals surface area contributed by atoms with Gasteiger partial charge in [-0.3, -0.25) is 10.2 Å². The second kappa shape index (κ2) is 9.81. The molecule has 3 N–H and O–H groups in total. The summed E-state index contributed by atoms with van der Waals surface area (Å²) in [4.78, 5) is 22.4. The van der Waals surface area contributed by atoms with Crippen molar-refractivity contribution in [3.8, 4) is 11.5 Å². The Bertz CT molecular complexity index is 836. The maximum Gasteiger partial charge on any atom is 0.335 e. The Hall–Kier alpha value is -3.55. The van der Waals surface area contributed by atoms with Gasteiger partial charge in [-0.2, -0.15) is 5.10 Å². The summed E-state index contributed by atoms with van der Waals surface area (Å²) in [6.45, 7) is 2.27. The second-order valence-corrected chi connectivity index (χ2v) is 5.41. The molecule has 0 bridgehead atoms. The van der Waals surface area contributed by atoms with Crippen LogP contribution in [0.1, 0.15) is 22.8 Å². The predicted octanol–water partition coefficient (Wildman–Crippen LogP) is 2.35. The van der Waals surface area contributed by atoms with Crippen molar-refractivity contribution in [1.29, 1.82) is 0 Å². The van der Waals surface area contributed by atoms with Crippen LogP contribution in [-0.4, -0.2) is 43.5 Å². The lowest BCUT2D eigenvalue weighted by molar-refractivity contribution is -0.123. The van der Waals surface area contributed by atoms with Crippen LogP contribution in [0.5, 0.6) is 11.5 Å². The van der Waals surface area contributed by atoms with Crippen LogP contribution in [0.3, 0.4) is 0 Å². The van der Waals surface area contributed by atoms with Crippen LogP contribution in [0.15, 0.2) is 47.6 Å². The molecule has 8 heteroatoms. The van der Waals surface area contributed by atoms with E-state index < -0.39 is 5.97 Å². The molecule has 8 nitrogen and oxygen atoms in total. The molecule has 0 aliphatic heterocycles. The van der Waals surface area contributed by atoms with Crippen molar-refractivity contribution < 1.29 is 24.2 Å². The van der Waals surface area contributed by atoms with Crippen LogP contribution in [0.25, 0.3) is 0 Å². The number of carboxylic acid groups (broad SMARTS) is 1. The van der Waals surface area contributed by atoms with Gasteiger partial charge in [0.15, 0.2) is 18.1 Å². The van der Waals surface area contributed by atoms with E-state index in [-0.39, 0.29) is 18.1 Å². The van der Waals surface area contributed by atoms with E-state index >= 15 is 0 Å². The van der Waals surface area contributed by atoms with E-state index in [1.165, 1.54) is 19.2 Å². The van der Waals surface area contributed by atoms with Crippen LogP contribution in [-0.2, 0) is 4.79 Å². The Kier molecular flexibility index (Phi) is 7.18. The van der Waals surface area contributed by atoms with Crippen molar-refractivity contribution in [3.63, 3.8) is 0 Å². The molecule has 142 valence electrons. The summed E-state index contributed by atoms with van der Waals surface area (Å²) >= 11 is 0. The van der Waals surface area contributed by atoms with Gasteiger partial charge < -0.3 is 19.9 Å². The maximum atomic E-state index is 11.5. The highest BCUT2D eigenvalue weighted by Gasteiger charge is 2.08. The van der Waals surface area contributed by atoms with Gasteiger partial charge in [0.1, 0.15) is 0 Å². The topological polar surface area (TPSA) is 109 Å². The number of carbonyl (C=O) groups excluding carboxylic acids is 1. The first-order valence-electron chi connectivity index (χ1n) is 8.23. The molecule has 0 radical (unpaired) electrons. The van der Waals surface area contributed by atoms with E-state index in [0.717, 1.165) is 5.56 Å². The molecule has 1 amide bonds. The summed E-state index contributed by atoms with van der Waals surface area (Å²) in [5.41, 5.74) is 4.24. The molecule has 0 spiro atoms. The van der Waals surface area contributed by atoms with Gasteiger partial charge >= 0.3 is 5.97 Å². The number of hydrogen-bond acceptors (Lipinski definition) is 6. The van der Waals surface area contributed by atoms with Gasteiger partial charge in [0.2, 0.25) is 0 Å². The third-order valence-electron chi connectivity index (χ3n) is 3.44. The lowest BCUT2D eigenvalue weighted by Gasteiger charge is -2.11. The number of rotatable bonds is 9. The summed E-state index contributed by atoms with van der Waals surface area (Å²) < 4.78 is 10.7. The maximum absolute atomic E-state index is 11.5. The van der Waals surface area contributed by atoms with Crippen LogP contribution in [0, 0.1) is 0 Å². The van der Waals surface area contributed by atoms with E-state index in [9.17, 15) is 9.59 Å². The Morgan fingerprint density at radius 1 is 1.19 bits per heavy atom. The van der Waals surface area contributed by atoms with Gasteiger partial charge in [-0.15, -0.1) is 0 Å². The van der Waals surface area contributed by atoms with Gasteiger partial charge in [0.25, 0.3) is 5.91 Å². The first-order valence-corrected chi connectivity index (χ1v) is 8.23. The summed E-state index contributed by atoms with van der Waals surface area (Å²) in [6, 6.07) is 11.5. The molecule has 0 unspecified atom stereocenters. The quantitative estimate of drug-likeness (QED) is 0.461. The lowest BCUT2D eigenvalue weighted by Crippen LogP contribution is -2.28. The highest BCUT2D eigenvalue weighted by atomic mass is 16.5. The number of methoxy groups -OCH3 is 1. The molecule has 0 aromatic heterocycles. The third-order valence-corrected chi connectivity index (χ3v) is 3.44. The smallest absolute Gasteiger partial charge is 0.335 e. The highest BCUT2D eigenvalue weighted by molar-refractivity contribution is 5.89. The van der Waals surface area contributed by atoms with Crippen molar-refractivity contribution in [2.24, 2.45) is 5.10 Å². The van der Waals surface area contributed by atoms with Crippen LogP contribution < -0.4 is 20.2 Å². The Morgan fingerprint density at radius 2 is 2.00 bits per heavy atom. The highest BCUT2D eigenvalue weighted by Crippen LogP contribution is 2.27. The fraction of sp³-hybridized carbons (Fsp3) is 0.211. The zero-order valence-electron chi connectivity index (χ0n) is 15.1. The molecular weight excluding hydrogens is 350 g/mol. The second-order valence-electron chi connectivity index (χ2n) is 5.41. The Labute approximate surface area is 156 Å². The summed E-state index contributed by atoms with van der Waals surface area (Å²) in [5, 5.41) is 15.7. The number of hydrogen-bond donors (Lipinski definition) is 3. The van der Waals surface area contributed by atoms with Crippen molar-refractivity contribution in [3.05, 3.63) is 53.6 Å². The number of carbonyl (C=O) groups is 2. The minimum absolute atomic E-state index is 0.0981. The van der Waals surface area contributed by atoms with Crippen molar-refractivity contribution in [1.82, 2.24) is 5.32 Å². The standard InChI is InChI=1S/C19H21N3O5/c1-3-20-18(23)12-27-16-8-7-13(9-17(16)26-2)11-21-22-15-6-4-5-14(10-15)19(24)25/h4-11,22H,3,12H2,1-2H3,(H,20,23)(H,24,25)/b21-11-. The number of anilines is 1. The summed E-state index contributed by atoms with van der Waals surface area (Å²) in [5.74, 6) is -0.298. The van der Waals surface area contributed by atoms with Gasteiger partial charge in [-0.05, 0) is 48.9 Å². The van der Waals surface area contributed by atoms with Crippen molar-refractivity contribution >= 4 is 23.8 Å². The zero-order valence-corrected chi connectivity index (χ0v) is 15.1.